The fraction of sp³-hybridized carbons (Fsp3) is 0.500. The van der Waals surface area contributed by atoms with Gasteiger partial charge in [0.05, 0.1) is 10.6 Å². The third-order valence-corrected chi connectivity index (χ3v) is 6.25. The first kappa shape index (κ1) is 14.8. The van der Waals surface area contributed by atoms with Gasteiger partial charge < -0.3 is 5.11 Å². The predicted molar refractivity (Wildman–Crippen MR) is 78.0 cm³/mol. The van der Waals surface area contributed by atoms with Gasteiger partial charge in [0.2, 0.25) is 10.0 Å². The number of hydrogen-bond acceptors (Lipinski definition) is 3. The maximum atomic E-state index is 12.8. The van der Waals surface area contributed by atoms with Crippen LogP contribution >= 0.6 is 11.6 Å². The van der Waals surface area contributed by atoms with Crippen LogP contribution in [-0.2, 0) is 10.0 Å². The minimum atomic E-state index is -3.74. The van der Waals surface area contributed by atoms with Gasteiger partial charge in [0.15, 0.2) is 0 Å². The molecule has 5 nitrogen and oxygen atoms in total. The molecule has 0 radical (unpaired) electrons. The largest absolute Gasteiger partial charge is 0.478 e. The summed E-state index contributed by atoms with van der Waals surface area (Å²) in [6.07, 6.45) is 3.84. The second kappa shape index (κ2) is 5.26. The molecule has 0 aliphatic heterocycles. The molecular formula is C14H16ClNO4S. The molecule has 0 bridgehead atoms. The topological polar surface area (TPSA) is 74.7 Å². The van der Waals surface area contributed by atoms with Gasteiger partial charge in [-0.25, -0.2) is 13.2 Å². The number of sulfonamides is 1. The Bertz CT molecular complexity index is 680. The van der Waals surface area contributed by atoms with Crippen LogP contribution in [0.2, 0.25) is 5.02 Å². The molecule has 0 heterocycles. The Morgan fingerprint density at radius 2 is 1.95 bits per heavy atom. The van der Waals surface area contributed by atoms with Crippen molar-refractivity contribution >= 4 is 27.6 Å². The maximum Gasteiger partial charge on any atom is 0.335 e. The molecule has 7 heteroatoms. The molecule has 0 aromatic heterocycles. The lowest BCUT2D eigenvalue weighted by atomic mass is 10.2. The fourth-order valence-electron chi connectivity index (χ4n) is 2.32. The molecular weight excluding hydrogens is 314 g/mol. The quantitative estimate of drug-likeness (QED) is 0.870. The molecule has 1 aromatic carbocycles. The summed E-state index contributed by atoms with van der Waals surface area (Å²) in [6.45, 7) is 0.515. The van der Waals surface area contributed by atoms with E-state index in [-0.39, 0.29) is 21.5 Å². The summed E-state index contributed by atoms with van der Waals surface area (Å²) in [5, 5.41) is 9.10. The number of benzene rings is 1. The highest BCUT2D eigenvalue weighted by Gasteiger charge is 2.41. The second-order valence-electron chi connectivity index (χ2n) is 5.70. The van der Waals surface area contributed by atoms with Gasteiger partial charge in [-0.3, -0.25) is 0 Å². The van der Waals surface area contributed by atoms with Gasteiger partial charge in [-0.15, -0.1) is 0 Å². The average molecular weight is 330 g/mol. The molecule has 1 N–H and O–H groups in total. The zero-order chi connectivity index (χ0) is 15.2. The van der Waals surface area contributed by atoms with Crippen LogP contribution in [0.25, 0.3) is 0 Å². The van der Waals surface area contributed by atoms with Crippen molar-refractivity contribution in [1.82, 2.24) is 4.31 Å². The number of rotatable bonds is 6. The Kier molecular flexibility index (Phi) is 3.71. The molecule has 0 unspecified atom stereocenters. The maximum absolute atomic E-state index is 12.8. The summed E-state index contributed by atoms with van der Waals surface area (Å²) in [7, 11) is -3.74. The highest BCUT2D eigenvalue weighted by Crippen LogP contribution is 2.39. The van der Waals surface area contributed by atoms with Gasteiger partial charge in [0.25, 0.3) is 0 Å². The van der Waals surface area contributed by atoms with Gasteiger partial charge in [-0.05, 0) is 49.8 Å². The molecule has 21 heavy (non-hydrogen) atoms. The highest BCUT2D eigenvalue weighted by atomic mass is 35.5. The van der Waals surface area contributed by atoms with E-state index in [9.17, 15) is 13.2 Å². The van der Waals surface area contributed by atoms with Crippen molar-refractivity contribution in [2.45, 2.75) is 36.6 Å². The van der Waals surface area contributed by atoms with E-state index in [1.165, 1.54) is 16.4 Å². The van der Waals surface area contributed by atoms with Crippen molar-refractivity contribution in [3.8, 4) is 0 Å². The Hall–Kier alpha value is -1.11. The summed E-state index contributed by atoms with van der Waals surface area (Å²) in [5.74, 6) is -0.731. The van der Waals surface area contributed by atoms with Gasteiger partial charge in [0.1, 0.15) is 4.90 Å². The average Bonchev–Trinajstić information content (AvgIpc) is 3.28. The molecule has 0 saturated heterocycles. The van der Waals surface area contributed by atoms with Crippen molar-refractivity contribution in [3.05, 3.63) is 28.8 Å². The molecule has 0 spiro atoms. The van der Waals surface area contributed by atoms with Crippen LogP contribution in [0.15, 0.2) is 23.1 Å². The summed E-state index contributed by atoms with van der Waals surface area (Å²) in [5.41, 5.74) is -0.0693. The zero-order valence-electron chi connectivity index (χ0n) is 11.3. The van der Waals surface area contributed by atoms with E-state index in [4.69, 9.17) is 16.7 Å². The number of aromatic carboxylic acids is 1. The highest BCUT2D eigenvalue weighted by molar-refractivity contribution is 7.89. The van der Waals surface area contributed by atoms with Crippen LogP contribution in [0.5, 0.6) is 0 Å². The summed E-state index contributed by atoms with van der Waals surface area (Å²) >= 11 is 6.01. The third kappa shape index (κ3) is 3.07. The van der Waals surface area contributed by atoms with Crippen molar-refractivity contribution in [3.63, 3.8) is 0 Å². The van der Waals surface area contributed by atoms with E-state index < -0.39 is 16.0 Å². The van der Waals surface area contributed by atoms with Crippen LogP contribution < -0.4 is 0 Å². The van der Waals surface area contributed by atoms with Crippen molar-refractivity contribution < 1.29 is 18.3 Å². The normalized spacial score (nSPS) is 19.0. The molecule has 0 atom stereocenters. The lowest BCUT2D eigenvalue weighted by Gasteiger charge is -2.22. The number of carbonyl (C=O) groups is 1. The monoisotopic (exact) mass is 329 g/mol. The number of carboxylic acids is 1. The Morgan fingerprint density at radius 3 is 2.48 bits per heavy atom. The minimum absolute atomic E-state index is 0.0418. The SMILES string of the molecule is O=C(O)c1ccc(Cl)c(S(=O)(=O)N(CC2CC2)C2CC2)c1. The first-order valence-corrected chi connectivity index (χ1v) is 8.76. The second-order valence-corrected chi connectivity index (χ2v) is 7.97. The summed E-state index contributed by atoms with van der Waals surface area (Å²) < 4.78 is 27.2. The molecule has 1 aromatic rings. The van der Waals surface area contributed by atoms with Gasteiger partial charge >= 0.3 is 5.97 Å². The van der Waals surface area contributed by atoms with Crippen molar-refractivity contribution in [2.75, 3.05) is 6.54 Å². The number of hydrogen-bond donors (Lipinski definition) is 1. The van der Waals surface area contributed by atoms with Crippen LogP contribution in [-0.4, -0.2) is 36.4 Å². The van der Waals surface area contributed by atoms with Gasteiger partial charge in [-0.2, -0.15) is 4.31 Å². The van der Waals surface area contributed by atoms with E-state index in [1.54, 1.807) is 0 Å². The zero-order valence-corrected chi connectivity index (χ0v) is 12.9. The number of carboxylic acid groups (broad SMARTS) is 1. The molecule has 2 fully saturated rings. The van der Waals surface area contributed by atoms with Crippen molar-refractivity contribution in [1.29, 1.82) is 0 Å². The molecule has 114 valence electrons. The molecule has 2 aliphatic rings. The molecule has 0 amide bonds. The number of halogens is 1. The van der Waals surface area contributed by atoms with E-state index in [2.05, 4.69) is 0 Å². The Morgan fingerprint density at radius 1 is 1.29 bits per heavy atom. The van der Waals surface area contributed by atoms with E-state index >= 15 is 0 Å². The van der Waals surface area contributed by atoms with E-state index in [1.807, 2.05) is 0 Å². The Labute approximate surface area is 128 Å². The smallest absolute Gasteiger partial charge is 0.335 e. The van der Waals surface area contributed by atoms with Crippen LogP contribution in [0.1, 0.15) is 36.0 Å². The van der Waals surface area contributed by atoms with E-state index in [0.717, 1.165) is 31.7 Å². The van der Waals surface area contributed by atoms with Gasteiger partial charge in [-0.1, -0.05) is 11.6 Å². The molecule has 2 saturated carbocycles. The lowest BCUT2D eigenvalue weighted by Crippen LogP contribution is -2.35. The van der Waals surface area contributed by atoms with Gasteiger partial charge in [0, 0.05) is 12.6 Å². The molecule has 2 aliphatic carbocycles. The van der Waals surface area contributed by atoms with Crippen LogP contribution in [0.3, 0.4) is 0 Å². The first-order chi connectivity index (χ1) is 9.89. The predicted octanol–water partition coefficient (Wildman–Crippen LogP) is 2.60. The number of nitrogens with zero attached hydrogens (tertiary/aromatic N) is 1. The minimum Gasteiger partial charge on any atom is -0.478 e. The summed E-state index contributed by atoms with van der Waals surface area (Å²) in [4.78, 5) is 10.9. The van der Waals surface area contributed by atoms with Crippen molar-refractivity contribution in [2.24, 2.45) is 5.92 Å². The standard InChI is InChI=1S/C14H16ClNO4S/c15-12-6-3-10(14(17)18)7-13(12)21(19,20)16(11-4-5-11)8-9-1-2-9/h3,6-7,9,11H,1-2,4-5,8H2,(H,17,18). The molecule has 3 rings (SSSR count). The lowest BCUT2D eigenvalue weighted by molar-refractivity contribution is 0.0696. The van der Waals surface area contributed by atoms with Crippen LogP contribution in [0, 0.1) is 5.92 Å². The fourth-order valence-corrected chi connectivity index (χ4v) is 4.58. The third-order valence-electron chi connectivity index (χ3n) is 3.85. The summed E-state index contributed by atoms with van der Waals surface area (Å²) in [6, 6.07) is 3.84. The first-order valence-electron chi connectivity index (χ1n) is 6.94. The van der Waals surface area contributed by atoms with Crippen LogP contribution in [0.4, 0.5) is 0 Å². The van der Waals surface area contributed by atoms with E-state index in [0.29, 0.717) is 12.5 Å². The Balaban J connectivity index is 1.99.